The number of aliphatic hydroxyl groups excluding tert-OH is 6. The molecule has 0 spiro atoms. The maximum atomic E-state index is 16.3. The van der Waals surface area contributed by atoms with Gasteiger partial charge in [-0.2, -0.15) is 0 Å². The maximum Gasteiger partial charge on any atom is 0.270 e. The quantitative estimate of drug-likeness (QED) is 0.0385. The van der Waals surface area contributed by atoms with Gasteiger partial charge in [0, 0.05) is 53.0 Å². The number of aromatic hydroxyl groups is 3. The molecule has 2 saturated heterocycles. The number of carbonyl (C=O) groups is 9. The van der Waals surface area contributed by atoms with Gasteiger partial charge in [-0.3, -0.25) is 53.0 Å². The van der Waals surface area contributed by atoms with E-state index in [2.05, 4.69) is 58.3 Å². The fourth-order valence-corrected chi connectivity index (χ4v) is 15.3. The summed E-state index contributed by atoms with van der Waals surface area (Å²) >= 11 is 20.4. The SMILES string of the molecule is CNC(CC(C)C)C(=O)NC1C(=O)NC(CC(N)=O)C(=O)NC2C(=O)NC3C(=O)NC(C(=O)N[C@@H](C(=O)NOC)c4cc(O)cc(O)c4-c4cc3ccc4O)C(O)c3ccc(c(Cl)c3)Oc3cc2cc(c3OC2OC(CO)C(O)C(O)C2OC2C[C@@](C)(NCc3cncc(NC(=O)/C=C/c4ccc(Cl)cc4)c3)C(O)C(C)O2)Oc2ccc(cc2Cl)C1O. The van der Waals surface area contributed by atoms with Crippen LogP contribution in [0.25, 0.3) is 17.2 Å². The van der Waals surface area contributed by atoms with Crippen molar-refractivity contribution in [2.75, 3.05) is 26.1 Å². The molecule has 122 heavy (non-hydrogen) atoms. The van der Waals surface area contributed by atoms with Gasteiger partial charge in [0.1, 0.15) is 95.5 Å². The summed E-state index contributed by atoms with van der Waals surface area (Å²) in [4.78, 5) is 142. The number of hydroxylamine groups is 1. The van der Waals surface area contributed by atoms with E-state index >= 15 is 24.0 Å². The minimum Gasteiger partial charge on any atom is -0.508 e. The number of anilines is 1. The first-order valence-electron chi connectivity index (χ1n) is 38.2. The summed E-state index contributed by atoms with van der Waals surface area (Å²) in [6.45, 7) is 5.81. The summed E-state index contributed by atoms with van der Waals surface area (Å²) in [5.41, 5.74) is 5.47. The lowest BCUT2D eigenvalue weighted by Crippen LogP contribution is -2.65. The minimum atomic E-state index is -2.38. The van der Waals surface area contributed by atoms with Gasteiger partial charge in [-0.1, -0.05) is 79.0 Å². The van der Waals surface area contributed by atoms with Gasteiger partial charge in [0.05, 0.1) is 60.3 Å². The van der Waals surface area contributed by atoms with Crippen LogP contribution in [-0.4, -0.2) is 204 Å². The van der Waals surface area contributed by atoms with Gasteiger partial charge < -0.3 is 128 Å². The van der Waals surface area contributed by atoms with Crippen molar-refractivity contribution >= 4 is 99.7 Å². The van der Waals surface area contributed by atoms with Crippen LogP contribution in [0.15, 0.2) is 128 Å². The van der Waals surface area contributed by atoms with Crippen LogP contribution < -0.4 is 73.3 Å². The average Bonchev–Trinajstić information content (AvgIpc) is 0.758. The molecule has 7 aromatic rings. The number of ether oxygens (including phenoxy) is 6. The number of halogens is 3. The Balaban J connectivity index is 1.02. The largest absolute Gasteiger partial charge is 0.508 e. The van der Waals surface area contributed by atoms with Crippen molar-refractivity contribution in [2.24, 2.45) is 11.7 Å². The minimum absolute atomic E-state index is 0.00869. The van der Waals surface area contributed by atoms with Crippen molar-refractivity contribution in [3.63, 3.8) is 0 Å². The Labute approximate surface area is 710 Å². The van der Waals surface area contributed by atoms with Gasteiger partial charge in [-0.05, 0) is 151 Å². The van der Waals surface area contributed by atoms with Gasteiger partial charge in [0.15, 0.2) is 23.9 Å². The van der Waals surface area contributed by atoms with E-state index in [4.69, 9.17) is 73.8 Å². The highest BCUT2D eigenvalue weighted by Crippen LogP contribution is 2.50. The van der Waals surface area contributed by atoms with Crippen molar-refractivity contribution in [1.29, 1.82) is 0 Å². The van der Waals surface area contributed by atoms with Crippen LogP contribution in [0.2, 0.25) is 15.1 Å². The van der Waals surface area contributed by atoms with Crippen molar-refractivity contribution in [1.82, 2.24) is 53.0 Å². The van der Waals surface area contributed by atoms with E-state index in [0.29, 0.717) is 21.8 Å². The smallest absolute Gasteiger partial charge is 0.270 e. The van der Waals surface area contributed by atoms with Crippen LogP contribution >= 0.6 is 34.8 Å². The summed E-state index contributed by atoms with van der Waals surface area (Å²) in [7, 11) is 2.51. The molecular formula is C82H89Cl3N12O25. The number of benzene rings is 6. The van der Waals surface area contributed by atoms with Crippen molar-refractivity contribution in [3.8, 4) is 57.1 Å². The number of aliphatic hydroxyl groups is 6. The second kappa shape index (κ2) is 38.4. The Morgan fingerprint density at radius 3 is 2.00 bits per heavy atom. The number of primary amides is 1. The van der Waals surface area contributed by atoms with Crippen LogP contribution in [0.1, 0.15) is 116 Å². The third-order valence-electron chi connectivity index (χ3n) is 21.0. The number of phenolic OH excluding ortho intramolecular Hbond substituents is 3. The van der Waals surface area contributed by atoms with E-state index in [-0.39, 0.29) is 52.8 Å². The fourth-order valence-electron chi connectivity index (χ4n) is 14.7. The van der Waals surface area contributed by atoms with E-state index in [1.165, 1.54) is 44.6 Å². The lowest BCUT2D eigenvalue weighted by atomic mass is 9.84. The number of nitrogens with one attached hydrogen (secondary N) is 10. The number of carbonyl (C=O) groups excluding carboxylic acids is 9. The number of phenols is 3. The highest BCUT2D eigenvalue weighted by molar-refractivity contribution is 6.32. The molecule has 40 heteroatoms. The third kappa shape index (κ3) is 20.4. The molecular weight excluding hydrogens is 1660 g/mol. The number of nitrogens with zero attached hydrogens (tertiary/aromatic N) is 1. The number of nitrogens with two attached hydrogens (primary N) is 1. The number of aromatic nitrogens is 1. The molecule has 0 aliphatic carbocycles. The zero-order valence-electron chi connectivity index (χ0n) is 65.8. The Morgan fingerprint density at radius 2 is 1.36 bits per heavy atom. The van der Waals surface area contributed by atoms with E-state index in [9.17, 15) is 65.1 Å². The molecule has 2 fully saturated rings. The molecule has 37 nitrogen and oxygen atoms in total. The van der Waals surface area contributed by atoms with E-state index < -0.39 is 243 Å². The monoisotopic (exact) mass is 1750 g/mol. The molecule has 14 rings (SSSR count). The molecule has 18 atom stereocenters. The van der Waals surface area contributed by atoms with Gasteiger partial charge in [0.2, 0.25) is 59.3 Å². The molecule has 0 radical (unpaired) electrons. The molecule has 8 heterocycles. The third-order valence-corrected chi connectivity index (χ3v) is 21.9. The van der Waals surface area contributed by atoms with Crippen LogP contribution in [0.4, 0.5) is 5.69 Å². The molecule has 0 saturated carbocycles. The Kier molecular flexibility index (Phi) is 28.3. The number of rotatable bonds is 20. The molecule has 9 amide bonds. The van der Waals surface area contributed by atoms with Gasteiger partial charge in [-0.25, -0.2) is 5.48 Å². The summed E-state index contributed by atoms with van der Waals surface area (Å²) < 4.78 is 39.5. The number of fused-ring (bicyclic) bond motifs is 15. The zero-order valence-corrected chi connectivity index (χ0v) is 68.1. The highest BCUT2D eigenvalue weighted by Gasteiger charge is 2.52. The molecule has 7 aliphatic rings. The number of hydrogen-bond donors (Lipinski definition) is 20. The van der Waals surface area contributed by atoms with Crippen molar-refractivity contribution in [2.45, 2.75) is 163 Å². The average molecular weight is 1750 g/mol. The summed E-state index contributed by atoms with van der Waals surface area (Å²) in [6, 6.07) is 8.21. The van der Waals surface area contributed by atoms with Crippen LogP contribution in [0.5, 0.6) is 46.0 Å². The molecule has 6 aromatic carbocycles. The molecule has 21 N–H and O–H groups in total. The summed E-state index contributed by atoms with van der Waals surface area (Å²) in [6.07, 6.45) is -13.3. The predicted molar refractivity (Wildman–Crippen MR) is 433 cm³/mol. The van der Waals surface area contributed by atoms with Crippen molar-refractivity contribution < 1.29 is 122 Å². The normalized spacial score (nSPS) is 26.3. The summed E-state index contributed by atoms with van der Waals surface area (Å²) in [5.74, 6) is -15.8. The van der Waals surface area contributed by atoms with E-state index in [1.54, 1.807) is 43.3 Å². The standard InChI is InChI=1S/C82H89Cl3N12O25/c1-34(2)19-49(87-5)74(109)95-65-67(104)39-11-16-53(47(84)22-39)118-55-24-41-25-56(71(55)122-81-72(70(107)69(106)57(33-98)120-81)121-60-29-82(4,73(108)35(3)117-60)89-31-37-20-43(32-88-30-37)90-59(103)18-9-36-7-13-42(83)14-8-36)119-54-17-12-40(23-48(54)85)68(105)66-79(114)94-64(80(115)97-116-6)46-26-44(99)27-52(101)61(46)45-21-38(10-15-51(45)100)62(76(111)96-66)93-77(112)63(41)92-75(110)50(28-58(86)102)91-78(65)113/h7-18,20-27,30,32,34-35,49-50,57,60,62-70,72-73,81,87,89,98-101,104-108H,19,28-29,31,33H2,1-6H3,(H2,86,102)(H,90,103)(H,91,113)(H,92,110)(H,93,112)(H,94,114)(H,95,109)(H,96,111)(H,97,115)/b18-9+/t35?,49?,50?,57?,60?,62?,63?,64-,65?,66?,67?,68?,69?,70?,72?,73?,81?,82-/m1/s1. The van der Waals surface area contributed by atoms with Gasteiger partial charge >= 0.3 is 0 Å². The molecule has 16 unspecified atom stereocenters. The van der Waals surface area contributed by atoms with E-state index in [0.717, 1.165) is 73.8 Å². The maximum absolute atomic E-state index is 16.3. The first-order chi connectivity index (χ1) is 58.0. The number of likely N-dealkylation sites (N-methyl/N-ethyl adjacent to an activating group) is 1. The topological polar surface area (TPSA) is 560 Å². The Hall–Kier alpha value is -11.4. The van der Waals surface area contributed by atoms with Gasteiger partial charge in [-0.15, -0.1) is 0 Å². The predicted octanol–water partition coefficient (Wildman–Crippen LogP) is 3.23. The van der Waals surface area contributed by atoms with Crippen LogP contribution in [-0.2, 0) is 68.7 Å². The first kappa shape index (κ1) is 89.9. The van der Waals surface area contributed by atoms with Crippen LogP contribution in [0, 0.1) is 5.92 Å². The lowest BCUT2D eigenvalue weighted by Gasteiger charge is -2.48. The highest BCUT2D eigenvalue weighted by atomic mass is 35.5. The van der Waals surface area contributed by atoms with E-state index in [1.807, 2.05) is 13.8 Å². The number of pyridine rings is 1. The van der Waals surface area contributed by atoms with Gasteiger partial charge in [0.25, 0.3) is 5.91 Å². The Bertz CT molecular complexity index is 5190. The Morgan fingerprint density at radius 1 is 0.713 bits per heavy atom. The molecule has 7 aliphatic heterocycles. The second-order valence-electron chi connectivity index (χ2n) is 30.3. The molecule has 1 aromatic heterocycles. The lowest BCUT2D eigenvalue weighted by molar-refractivity contribution is -0.334. The number of hydrogen-bond acceptors (Lipinski definition) is 28. The number of amides is 9. The molecule has 11 bridgehead atoms. The first-order valence-corrected chi connectivity index (χ1v) is 39.4. The second-order valence-corrected chi connectivity index (χ2v) is 31.5. The van der Waals surface area contributed by atoms with Crippen LogP contribution in [0.3, 0.4) is 0 Å². The fraction of sp³-hybridized carbons (Fsp3) is 0.366. The molecule has 648 valence electrons. The zero-order chi connectivity index (χ0) is 88.0. The van der Waals surface area contributed by atoms with Crippen molar-refractivity contribution in [3.05, 3.63) is 182 Å². The summed E-state index contributed by atoms with van der Waals surface area (Å²) in [5, 5.41) is 130.